The molecule has 3 nitrogen and oxygen atoms in total. The van der Waals surface area contributed by atoms with Crippen molar-refractivity contribution in [1.82, 2.24) is 4.90 Å². The number of nitrogens with two attached hydrogens (primary N) is 1. The van der Waals surface area contributed by atoms with E-state index in [-0.39, 0.29) is 12.1 Å². The van der Waals surface area contributed by atoms with Gasteiger partial charge in [0.1, 0.15) is 0 Å². The van der Waals surface area contributed by atoms with Crippen molar-refractivity contribution in [2.45, 2.75) is 19.0 Å². The molecule has 1 fully saturated rings. The summed E-state index contributed by atoms with van der Waals surface area (Å²) in [6.07, 6.45) is 0. The van der Waals surface area contributed by atoms with Crippen molar-refractivity contribution >= 4 is 33.7 Å². The fourth-order valence-corrected chi connectivity index (χ4v) is 4.58. The highest BCUT2D eigenvalue weighted by Gasteiger charge is 2.28. The molecule has 0 spiro atoms. The first-order chi connectivity index (χ1) is 8.08. The first kappa shape index (κ1) is 13.5. The standard InChI is InChI=1S/C11H17ClN2OS2/c1-8(13)11(9-2-3-10(12)16-9)14-4-6-17(15)7-5-14/h2-3,8,11H,4-7,13H2,1H3. The number of thiophene rings is 1. The van der Waals surface area contributed by atoms with E-state index in [1.165, 1.54) is 4.88 Å². The highest BCUT2D eigenvalue weighted by atomic mass is 35.5. The number of rotatable bonds is 3. The van der Waals surface area contributed by atoms with E-state index in [9.17, 15) is 4.21 Å². The van der Waals surface area contributed by atoms with Crippen LogP contribution >= 0.6 is 22.9 Å². The van der Waals surface area contributed by atoms with Gasteiger partial charge in [0, 0.05) is 46.3 Å². The molecule has 1 aliphatic heterocycles. The van der Waals surface area contributed by atoms with Gasteiger partial charge in [0.05, 0.1) is 10.4 Å². The van der Waals surface area contributed by atoms with Gasteiger partial charge in [-0.2, -0.15) is 0 Å². The lowest BCUT2D eigenvalue weighted by atomic mass is 10.1. The fraction of sp³-hybridized carbons (Fsp3) is 0.636. The molecule has 1 aromatic heterocycles. The molecule has 2 N–H and O–H groups in total. The lowest BCUT2D eigenvalue weighted by Crippen LogP contribution is -2.45. The Morgan fingerprint density at radius 1 is 1.47 bits per heavy atom. The Labute approximate surface area is 113 Å². The minimum atomic E-state index is -0.647. The van der Waals surface area contributed by atoms with E-state index in [0.717, 1.165) is 28.9 Å². The van der Waals surface area contributed by atoms with Crippen LogP contribution in [0.5, 0.6) is 0 Å². The van der Waals surface area contributed by atoms with Crippen LogP contribution in [-0.2, 0) is 10.8 Å². The predicted molar refractivity (Wildman–Crippen MR) is 75.2 cm³/mol. The minimum Gasteiger partial charge on any atom is -0.326 e. The maximum absolute atomic E-state index is 11.4. The zero-order chi connectivity index (χ0) is 12.4. The largest absolute Gasteiger partial charge is 0.326 e. The second-order valence-electron chi connectivity index (χ2n) is 4.33. The summed E-state index contributed by atoms with van der Waals surface area (Å²) in [4.78, 5) is 3.53. The van der Waals surface area contributed by atoms with Crippen molar-refractivity contribution in [3.8, 4) is 0 Å². The van der Waals surface area contributed by atoms with Crippen molar-refractivity contribution in [1.29, 1.82) is 0 Å². The Morgan fingerprint density at radius 2 is 2.12 bits per heavy atom. The summed E-state index contributed by atoms with van der Waals surface area (Å²) in [5.74, 6) is 1.50. The van der Waals surface area contributed by atoms with Gasteiger partial charge in [-0.25, -0.2) is 0 Å². The van der Waals surface area contributed by atoms with E-state index in [0.29, 0.717) is 0 Å². The summed E-state index contributed by atoms with van der Waals surface area (Å²) < 4.78 is 12.2. The second-order valence-corrected chi connectivity index (χ2v) is 7.77. The lowest BCUT2D eigenvalue weighted by Gasteiger charge is -2.35. The Bertz CT molecular complexity index is 398. The average molecular weight is 293 g/mol. The second kappa shape index (κ2) is 5.80. The van der Waals surface area contributed by atoms with Crippen LogP contribution in [0.1, 0.15) is 17.8 Å². The molecule has 1 aromatic rings. The van der Waals surface area contributed by atoms with Gasteiger partial charge in [-0.15, -0.1) is 11.3 Å². The fourth-order valence-electron chi connectivity index (χ4n) is 2.19. The van der Waals surface area contributed by atoms with Gasteiger partial charge in [-0.1, -0.05) is 11.6 Å². The van der Waals surface area contributed by atoms with Crippen LogP contribution in [0.15, 0.2) is 12.1 Å². The molecule has 0 saturated carbocycles. The van der Waals surface area contributed by atoms with Gasteiger partial charge in [0.25, 0.3) is 0 Å². The molecule has 2 rings (SSSR count). The van der Waals surface area contributed by atoms with Crippen LogP contribution in [0.4, 0.5) is 0 Å². The van der Waals surface area contributed by atoms with Gasteiger partial charge in [-0.05, 0) is 19.1 Å². The number of halogens is 1. The van der Waals surface area contributed by atoms with E-state index in [4.69, 9.17) is 17.3 Å². The maximum Gasteiger partial charge on any atom is 0.0931 e. The lowest BCUT2D eigenvalue weighted by molar-refractivity contribution is 0.196. The third-order valence-corrected chi connectivity index (χ3v) is 5.57. The van der Waals surface area contributed by atoms with Crippen molar-refractivity contribution in [3.05, 3.63) is 21.3 Å². The molecule has 1 aliphatic rings. The third kappa shape index (κ3) is 3.29. The zero-order valence-electron chi connectivity index (χ0n) is 9.77. The van der Waals surface area contributed by atoms with Crippen molar-refractivity contribution in [2.75, 3.05) is 24.6 Å². The number of nitrogens with zero attached hydrogens (tertiary/aromatic N) is 1. The Balaban J connectivity index is 2.15. The Kier molecular flexibility index (Phi) is 4.60. The summed E-state index contributed by atoms with van der Waals surface area (Å²) in [6, 6.07) is 4.21. The van der Waals surface area contributed by atoms with Crippen LogP contribution in [0.3, 0.4) is 0 Å². The van der Waals surface area contributed by atoms with Crippen LogP contribution in [0.25, 0.3) is 0 Å². The average Bonchev–Trinajstić information content (AvgIpc) is 2.68. The maximum atomic E-state index is 11.4. The molecule has 2 atom stereocenters. The molecule has 2 heterocycles. The normalized spacial score (nSPS) is 22.5. The molecule has 0 amide bonds. The summed E-state index contributed by atoms with van der Waals surface area (Å²) in [6.45, 7) is 3.73. The van der Waals surface area contributed by atoms with Crippen molar-refractivity contribution in [2.24, 2.45) is 5.73 Å². The highest BCUT2D eigenvalue weighted by molar-refractivity contribution is 7.85. The van der Waals surface area contributed by atoms with Crippen molar-refractivity contribution in [3.63, 3.8) is 0 Å². The molecular formula is C11H17ClN2OS2. The van der Waals surface area contributed by atoms with Gasteiger partial charge in [-0.3, -0.25) is 9.11 Å². The van der Waals surface area contributed by atoms with E-state index in [2.05, 4.69) is 4.90 Å². The molecule has 0 aromatic carbocycles. The molecule has 6 heteroatoms. The monoisotopic (exact) mass is 292 g/mol. The SMILES string of the molecule is CC(N)C(c1ccc(Cl)s1)N1CCS(=O)CC1. The van der Waals surface area contributed by atoms with Crippen molar-refractivity contribution < 1.29 is 4.21 Å². The molecule has 0 radical (unpaired) electrons. The van der Waals surface area contributed by atoms with E-state index in [1.807, 2.05) is 19.1 Å². The van der Waals surface area contributed by atoms with Gasteiger partial charge < -0.3 is 5.73 Å². The smallest absolute Gasteiger partial charge is 0.0931 e. The van der Waals surface area contributed by atoms with Crippen LogP contribution in [0, 0.1) is 0 Å². The topological polar surface area (TPSA) is 46.3 Å². The van der Waals surface area contributed by atoms with E-state index < -0.39 is 10.8 Å². The first-order valence-electron chi connectivity index (χ1n) is 5.68. The van der Waals surface area contributed by atoms with E-state index in [1.54, 1.807) is 11.3 Å². The predicted octanol–water partition coefficient (Wildman–Crippen LogP) is 1.85. The molecular weight excluding hydrogens is 276 g/mol. The first-order valence-corrected chi connectivity index (χ1v) is 8.36. The third-order valence-electron chi connectivity index (χ3n) is 2.99. The van der Waals surface area contributed by atoms with Crippen LogP contribution in [-0.4, -0.2) is 39.7 Å². The van der Waals surface area contributed by atoms with Crippen LogP contribution < -0.4 is 5.73 Å². The number of hydrogen-bond acceptors (Lipinski definition) is 4. The minimum absolute atomic E-state index is 0.0521. The molecule has 96 valence electrons. The Hall–Kier alpha value is 0.0600. The molecule has 0 aliphatic carbocycles. The summed E-state index contributed by atoms with van der Waals surface area (Å²) in [7, 11) is -0.647. The molecule has 2 unspecified atom stereocenters. The summed E-state index contributed by atoms with van der Waals surface area (Å²) in [5, 5.41) is 0. The molecule has 0 bridgehead atoms. The van der Waals surface area contributed by atoms with Crippen LogP contribution in [0.2, 0.25) is 4.34 Å². The summed E-state index contributed by atoms with van der Waals surface area (Å²) >= 11 is 7.57. The quantitative estimate of drug-likeness (QED) is 0.925. The van der Waals surface area contributed by atoms with Gasteiger partial charge in [0.15, 0.2) is 0 Å². The van der Waals surface area contributed by atoms with Gasteiger partial charge >= 0.3 is 0 Å². The number of hydrogen-bond donors (Lipinski definition) is 1. The zero-order valence-corrected chi connectivity index (χ0v) is 12.2. The van der Waals surface area contributed by atoms with E-state index >= 15 is 0 Å². The molecule has 1 saturated heterocycles. The Morgan fingerprint density at radius 3 is 2.59 bits per heavy atom. The highest BCUT2D eigenvalue weighted by Crippen LogP contribution is 2.32. The molecule has 17 heavy (non-hydrogen) atoms. The van der Waals surface area contributed by atoms with Gasteiger partial charge in [0.2, 0.25) is 0 Å². The summed E-state index contributed by atoms with van der Waals surface area (Å²) in [5.41, 5.74) is 6.09.